The summed E-state index contributed by atoms with van der Waals surface area (Å²) >= 11 is 0. The molecule has 3 rings (SSSR count). The number of carbonyl (C=O) groups is 2. The molecule has 0 aliphatic heterocycles. The third-order valence-corrected chi connectivity index (χ3v) is 4.63. The Hall–Kier alpha value is -3.48. The number of hydrogen-bond acceptors (Lipinski definition) is 6. The standard InChI is InChI=1S/C22H22N2O5/c1-5-28-21(26)15-9-7-8-10-17(15)24-12-23-19-14(4)18(22(27)29-6-2)13(3)11-16(19)20(24)25/h7-12H,5-6H2,1-4H3. The van der Waals surface area contributed by atoms with Crippen molar-refractivity contribution in [1.82, 2.24) is 9.55 Å². The lowest BCUT2D eigenvalue weighted by atomic mass is 9.99. The van der Waals surface area contributed by atoms with Gasteiger partial charge in [0.1, 0.15) is 6.33 Å². The lowest BCUT2D eigenvalue weighted by molar-refractivity contribution is 0.0515. The fraction of sp³-hybridized carbons (Fsp3) is 0.273. The molecule has 0 bridgehead atoms. The molecule has 0 aliphatic carbocycles. The second-order valence-electron chi connectivity index (χ2n) is 6.47. The van der Waals surface area contributed by atoms with Gasteiger partial charge in [-0.15, -0.1) is 0 Å². The van der Waals surface area contributed by atoms with Crippen LogP contribution in [-0.2, 0) is 9.47 Å². The van der Waals surface area contributed by atoms with E-state index in [4.69, 9.17) is 9.47 Å². The predicted molar refractivity (Wildman–Crippen MR) is 109 cm³/mol. The molecule has 1 heterocycles. The van der Waals surface area contributed by atoms with E-state index in [-0.39, 0.29) is 24.3 Å². The number of aryl methyl sites for hydroxylation is 2. The monoisotopic (exact) mass is 394 g/mol. The summed E-state index contributed by atoms with van der Waals surface area (Å²) in [5, 5.41) is 0.356. The van der Waals surface area contributed by atoms with Crippen molar-refractivity contribution in [2.75, 3.05) is 13.2 Å². The molecule has 2 aromatic carbocycles. The highest BCUT2D eigenvalue weighted by atomic mass is 16.5. The van der Waals surface area contributed by atoms with Crippen LogP contribution in [0.5, 0.6) is 0 Å². The Bertz CT molecular complexity index is 1160. The molecule has 0 saturated carbocycles. The van der Waals surface area contributed by atoms with Crippen LogP contribution in [0.15, 0.2) is 41.5 Å². The minimum Gasteiger partial charge on any atom is -0.462 e. The van der Waals surface area contributed by atoms with Gasteiger partial charge in [0.2, 0.25) is 0 Å². The largest absolute Gasteiger partial charge is 0.462 e. The van der Waals surface area contributed by atoms with Gasteiger partial charge in [-0.2, -0.15) is 0 Å². The van der Waals surface area contributed by atoms with Crippen LogP contribution < -0.4 is 5.56 Å². The number of carbonyl (C=O) groups excluding carboxylic acids is 2. The van der Waals surface area contributed by atoms with Crippen LogP contribution in [0.1, 0.15) is 45.7 Å². The highest BCUT2D eigenvalue weighted by Gasteiger charge is 2.20. The van der Waals surface area contributed by atoms with Crippen LogP contribution in [0.3, 0.4) is 0 Å². The van der Waals surface area contributed by atoms with Gasteiger partial charge in [-0.3, -0.25) is 9.36 Å². The minimum absolute atomic E-state index is 0.229. The van der Waals surface area contributed by atoms with Gasteiger partial charge >= 0.3 is 11.9 Å². The Morgan fingerprint density at radius 1 is 1.03 bits per heavy atom. The molecular weight excluding hydrogens is 372 g/mol. The molecule has 0 atom stereocenters. The molecule has 3 aromatic rings. The fourth-order valence-electron chi connectivity index (χ4n) is 3.35. The second-order valence-corrected chi connectivity index (χ2v) is 6.47. The van der Waals surface area contributed by atoms with Crippen LogP contribution in [-0.4, -0.2) is 34.7 Å². The number of ether oxygens (including phenoxy) is 2. The summed E-state index contributed by atoms with van der Waals surface area (Å²) in [6.07, 6.45) is 1.36. The first kappa shape index (κ1) is 20.3. The summed E-state index contributed by atoms with van der Waals surface area (Å²) in [6.45, 7) is 7.44. The summed E-state index contributed by atoms with van der Waals surface area (Å²) in [7, 11) is 0. The van der Waals surface area contributed by atoms with Crippen molar-refractivity contribution in [3.63, 3.8) is 0 Å². The van der Waals surface area contributed by atoms with Crippen LogP contribution in [0.4, 0.5) is 0 Å². The topological polar surface area (TPSA) is 87.5 Å². The van der Waals surface area contributed by atoms with E-state index in [0.29, 0.717) is 33.3 Å². The van der Waals surface area contributed by atoms with Gasteiger partial charge < -0.3 is 9.47 Å². The molecule has 150 valence electrons. The molecule has 1 aromatic heterocycles. The highest BCUT2D eigenvalue weighted by Crippen LogP contribution is 2.23. The first-order chi connectivity index (χ1) is 13.9. The summed E-state index contributed by atoms with van der Waals surface area (Å²) in [5.41, 5.74) is 2.37. The van der Waals surface area contributed by atoms with Crippen molar-refractivity contribution in [2.24, 2.45) is 0 Å². The Balaban J connectivity index is 2.24. The lowest BCUT2D eigenvalue weighted by Gasteiger charge is -2.14. The number of nitrogens with zero attached hydrogens (tertiary/aromatic N) is 2. The van der Waals surface area contributed by atoms with E-state index in [1.807, 2.05) is 0 Å². The Morgan fingerprint density at radius 3 is 2.38 bits per heavy atom. The molecule has 7 heteroatoms. The van der Waals surface area contributed by atoms with Crippen molar-refractivity contribution in [1.29, 1.82) is 0 Å². The van der Waals surface area contributed by atoms with E-state index in [0.717, 1.165) is 0 Å². The Labute approximate surface area is 167 Å². The molecule has 0 radical (unpaired) electrons. The maximum atomic E-state index is 13.2. The summed E-state index contributed by atoms with van der Waals surface area (Å²) in [6, 6.07) is 8.33. The maximum absolute atomic E-state index is 13.2. The highest BCUT2D eigenvalue weighted by molar-refractivity contribution is 5.99. The third kappa shape index (κ3) is 3.63. The first-order valence-electron chi connectivity index (χ1n) is 9.35. The molecule has 7 nitrogen and oxygen atoms in total. The van der Waals surface area contributed by atoms with Gasteiger partial charge in [0, 0.05) is 0 Å². The average molecular weight is 394 g/mol. The number of fused-ring (bicyclic) bond motifs is 1. The molecule has 0 fully saturated rings. The van der Waals surface area contributed by atoms with E-state index < -0.39 is 11.9 Å². The maximum Gasteiger partial charge on any atom is 0.340 e. The van der Waals surface area contributed by atoms with Crippen molar-refractivity contribution in [2.45, 2.75) is 27.7 Å². The molecule has 0 amide bonds. The van der Waals surface area contributed by atoms with Crippen LogP contribution in [0.25, 0.3) is 16.6 Å². The van der Waals surface area contributed by atoms with Crippen molar-refractivity contribution < 1.29 is 19.1 Å². The third-order valence-electron chi connectivity index (χ3n) is 4.63. The van der Waals surface area contributed by atoms with E-state index in [1.54, 1.807) is 58.0 Å². The van der Waals surface area contributed by atoms with Crippen LogP contribution in [0, 0.1) is 13.8 Å². The molecule has 0 N–H and O–H groups in total. The smallest absolute Gasteiger partial charge is 0.340 e. The average Bonchev–Trinajstić information content (AvgIpc) is 2.69. The molecule has 0 unspecified atom stereocenters. The number of hydrogen-bond donors (Lipinski definition) is 0. The van der Waals surface area contributed by atoms with Gasteiger partial charge in [0.15, 0.2) is 0 Å². The number of esters is 2. The molecule has 0 aliphatic rings. The zero-order valence-electron chi connectivity index (χ0n) is 16.8. The van der Waals surface area contributed by atoms with E-state index >= 15 is 0 Å². The molecular formula is C22H22N2O5. The lowest BCUT2D eigenvalue weighted by Crippen LogP contribution is -2.22. The van der Waals surface area contributed by atoms with Gasteiger partial charge in [0.25, 0.3) is 5.56 Å². The van der Waals surface area contributed by atoms with Crippen molar-refractivity contribution >= 4 is 22.8 Å². The Morgan fingerprint density at radius 2 is 1.69 bits per heavy atom. The number of para-hydroxylation sites is 1. The first-order valence-corrected chi connectivity index (χ1v) is 9.35. The zero-order chi connectivity index (χ0) is 21.1. The minimum atomic E-state index is -0.514. The summed E-state index contributed by atoms with van der Waals surface area (Å²) in [5.74, 6) is -0.955. The summed E-state index contributed by atoms with van der Waals surface area (Å²) in [4.78, 5) is 42.2. The van der Waals surface area contributed by atoms with Gasteiger partial charge in [-0.05, 0) is 57.0 Å². The van der Waals surface area contributed by atoms with Crippen molar-refractivity contribution in [3.8, 4) is 5.69 Å². The SMILES string of the molecule is CCOC(=O)c1ccccc1-n1cnc2c(C)c(C(=O)OCC)c(C)cc2c1=O. The van der Waals surface area contributed by atoms with E-state index in [9.17, 15) is 14.4 Å². The van der Waals surface area contributed by atoms with Crippen LogP contribution in [0.2, 0.25) is 0 Å². The van der Waals surface area contributed by atoms with E-state index in [2.05, 4.69) is 4.98 Å². The predicted octanol–water partition coefficient (Wildman–Crippen LogP) is 3.36. The number of aromatic nitrogens is 2. The van der Waals surface area contributed by atoms with Crippen molar-refractivity contribution in [3.05, 3.63) is 69.3 Å². The molecule has 29 heavy (non-hydrogen) atoms. The van der Waals surface area contributed by atoms with Gasteiger partial charge in [-0.1, -0.05) is 12.1 Å². The second kappa shape index (κ2) is 8.26. The van der Waals surface area contributed by atoms with Crippen LogP contribution >= 0.6 is 0 Å². The fourth-order valence-corrected chi connectivity index (χ4v) is 3.35. The van der Waals surface area contributed by atoms with Gasteiger partial charge in [0.05, 0.1) is 40.9 Å². The van der Waals surface area contributed by atoms with Gasteiger partial charge in [-0.25, -0.2) is 14.6 Å². The summed E-state index contributed by atoms with van der Waals surface area (Å²) < 4.78 is 11.5. The van der Waals surface area contributed by atoms with E-state index in [1.165, 1.54) is 10.9 Å². The normalized spacial score (nSPS) is 10.8. The quantitative estimate of drug-likeness (QED) is 0.617. The Kier molecular flexibility index (Phi) is 5.77. The number of benzene rings is 2. The number of rotatable bonds is 5. The molecule has 0 spiro atoms. The zero-order valence-corrected chi connectivity index (χ0v) is 16.8. The molecule has 0 saturated heterocycles.